The summed E-state index contributed by atoms with van der Waals surface area (Å²) in [5, 5.41) is 3.12. The van der Waals surface area contributed by atoms with Gasteiger partial charge < -0.3 is 5.32 Å². The lowest BCUT2D eigenvalue weighted by atomic mass is 10.0. The lowest BCUT2D eigenvalue weighted by Crippen LogP contribution is -2.25. The molecule has 0 radical (unpaired) electrons. The first-order chi connectivity index (χ1) is 8.34. The predicted octanol–water partition coefficient (Wildman–Crippen LogP) is 4.72. The maximum Gasteiger partial charge on any atom is 0.416 e. The summed E-state index contributed by atoms with van der Waals surface area (Å²) >= 11 is 0. The van der Waals surface area contributed by atoms with Gasteiger partial charge in [-0.3, -0.25) is 0 Å². The van der Waals surface area contributed by atoms with E-state index in [9.17, 15) is 13.2 Å². The molecule has 1 unspecified atom stereocenters. The minimum absolute atomic E-state index is 0.0889. The van der Waals surface area contributed by atoms with Crippen molar-refractivity contribution in [3.63, 3.8) is 0 Å². The van der Waals surface area contributed by atoms with Gasteiger partial charge in [0.2, 0.25) is 0 Å². The molecule has 0 fully saturated rings. The highest BCUT2D eigenvalue weighted by Crippen LogP contribution is 2.31. The Morgan fingerprint density at radius 1 is 1.33 bits per heavy atom. The fraction of sp³-hybridized carbons (Fsp3) is 0.429. The Balaban J connectivity index is 2.87. The van der Waals surface area contributed by atoms with Crippen molar-refractivity contribution in [2.75, 3.05) is 5.32 Å². The smallest absolute Gasteiger partial charge is 0.382 e. The van der Waals surface area contributed by atoms with Gasteiger partial charge in [-0.05, 0) is 30.5 Å². The molecule has 0 bridgehead atoms. The molecular formula is C14H18F3N. The highest BCUT2D eigenvalue weighted by Gasteiger charge is 2.30. The first-order valence-corrected chi connectivity index (χ1v) is 5.89. The number of halogens is 3. The van der Waals surface area contributed by atoms with Gasteiger partial charge in [0.1, 0.15) is 0 Å². The van der Waals surface area contributed by atoms with Crippen molar-refractivity contribution in [3.8, 4) is 0 Å². The number of nitrogens with one attached hydrogen (secondary N) is 1. The largest absolute Gasteiger partial charge is 0.416 e. The third kappa shape index (κ3) is 4.09. The number of benzene rings is 1. The lowest BCUT2D eigenvalue weighted by Gasteiger charge is -2.22. The summed E-state index contributed by atoms with van der Waals surface area (Å²) < 4.78 is 37.7. The van der Waals surface area contributed by atoms with Crippen LogP contribution in [0.15, 0.2) is 36.9 Å². The summed E-state index contributed by atoms with van der Waals surface area (Å²) in [6.07, 6.45) is -1.82. The molecular weight excluding hydrogens is 239 g/mol. The number of hydrogen-bond acceptors (Lipinski definition) is 1. The van der Waals surface area contributed by atoms with Crippen molar-refractivity contribution in [2.45, 2.75) is 32.5 Å². The van der Waals surface area contributed by atoms with E-state index in [1.54, 1.807) is 12.1 Å². The second kappa shape index (κ2) is 5.94. The van der Waals surface area contributed by atoms with Crippen molar-refractivity contribution >= 4 is 5.69 Å². The van der Waals surface area contributed by atoms with Crippen LogP contribution in [-0.2, 0) is 6.18 Å². The summed E-state index contributed by atoms with van der Waals surface area (Å²) in [6, 6.07) is 5.36. The fourth-order valence-electron chi connectivity index (χ4n) is 1.68. The SMILES string of the molecule is C=CCC(Nc1cccc(C(F)(F)F)c1)C(C)C. The number of rotatable bonds is 5. The van der Waals surface area contributed by atoms with E-state index in [4.69, 9.17) is 0 Å². The van der Waals surface area contributed by atoms with E-state index in [1.165, 1.54) is 6.07 Å². The van der Waals surface area contributed by atoms with E-state index in [-0.39, 0.29) is 6.04 Å². The van der Waals surface area contributed by atoms with Gasteiger partial charge >= 0.3 is 6.18 Å². The molecule has 0 heterocycles. The fourth-order valence-corrected chi connectivity index (χ4v) is 1.68. The standard InChI is InChI=1S/C14H18F3N/c1-4-6-13(10(2)3)18-12-8-5-7-11(9-12)14(15,16)17/h4-5,7-10,13,18H,1,6H2,2-3H3. The Hall–Kier alpha value is -1.45. The Kier molecular flexibility index (Phi) is 4.82. The van der Waals surface area contributed by atoms with Gasteiger partial charge in [-0.25, -0.2) is 0 Å². The topological polar surface area (TPSA) is 12.0 Å². The van der Waals surface area contributed by atoms with Crippen molar-refractivity contribution in [1.29, 1.82) is 0 Å². The molecule has 1 N–H and O–H groups in total. The maximum atomic E-state index is 12.6. The zero-order valence-electron chi connectivity index (χ0n) is 10.6. The molecule has 0 aliphatic carbocycles. The van der Waals surface area contributed by atoms with Crippen LogP contribution in [0.2, 0.25) is 0 Å². The summed E-state index contributed by atoms with van der Waals surface area (Å²) in [6.45, 7) is 7.71. The molecule has 0 saturated carbocycles. The highest BCUT2D eigenvalue weighted by molar-refractivity contribution is 5.47. The molecule has 100 valence electrons. The van der Waals surface area contributed by atoms with Crippen molar-refractivity contribution < 1.29 is 13.2 Å². The molecule has 0 saturated heterocycles. The van der Waals surface area contributed by atoms with E-state index >= 15 is 0 Å². The molecule has 0 amide bonds. The summed E-state index contributed by atoms with van der Waals surface area (Å²) in [5.41, 5.74) is -0.140. The number of hydrogen-bond donors (Lipinski definition) is 1. The summed E-state index contributed by atoms with van der Waals surface area (Å²) in [7, 11) is 0. The Morgan fingerprint density at radius 3 is 2.50 bits per heavy atom. The molecule has 0 spiro atoms. The summed E-state index contributed by atoms with van der Waals surface area (Å²) in [4.78, 5) is 0. The van der Waals surface area contributed by atoms with Crippen LogP contribution >= 0.6 is 0 Å². The first kappa shape index (κ1) is 14.6. The average molecular weight is 257 g/mol. The maximum absolute atomic E-state index is 12.6. The molecule has 0 aliphatic rings. The first-order valence-electron chi connectivity index (χ1n) is 5.89. The minimum Gasteiger partial charge on any atom is -0.382 e. The van der Waals surface area contributed by atoms with E-state index in [0.29, 0.717) is 18.0 Å². The Morgan fingerprint density at radius 2 is 2.00 bits per heavy atom. The molecule has 1 nitrogen and oxygen atoms in total. The predicted molar refractivity (Wildman–Crippen MR) is 68.5 cm³/mol. The highest BCUT2D eigenvalue weighted by atomic mass is 19.4. The van der Waals surface area contributed by atoms with Crippen molar-refractivity contribution in [2.24, 2.45) is 5.92 Å². The van der Waals surface area contributed by atoms with Crippen LogP contribution < -0.4 is 5.32 Å². The van der Waals surface area contributed by atoms with Gasteiger partial charge in [0, 0.05) is 11.7 Å². The second-order valence-electron chi connectivity index (χ2n) is 4.60. The lowest BCUT2D eigenvalue weighted by molar-refractivity contribution is -0.137. The number of alkyl halides is 3. The quantitative estimate of drug-likeness (QED) is 0.753. The van der Waals surface area contributed by atoms with Gasteiger partial charge in [0.25, 0.3) is 0 Å². The van der Waals surface area contributed by atoms with Gasteiger partial charge in [0.15, 0.2) is 0 Å². The van der Waals surface area contributed by atoms with Crippen LogP contribution in [0, 0.1) is 5.92 Å². The molecule has 0 aliphatic heterocycles. The molecule has 1 atom stereocenters. The monoisotopic (exact) mass is 257 g/mol. The third-order valence-corrected chi connectivity index (χ3v) is 2.77. The zero-order chi connectivity index (χ0) is 13.8. The van der Waals surface area contributed by atoms with Crippen LogP contribution in [0.4, 0.5) is 18.9 Å². The van der Waals surface area contributed by atoms with Gasteiger partial charge in [-0.2, -0.15) is 13.2 Å². The summed E-state index contributed by atoms with van der Waals surface area (Å²) in [5.74, 6) is 0.317. The zero-order valence-corrected chi connectivity index (χ0v) is 10.6. The van der Waals surface area contributed by atoms with Crippen LogP contribution in [0.1, 0.15) is 25.8 Å². The molecule has 18 heavy (non-hydrogen) atoms. The molecule has 4 heteroatoms. The van der Waals surface area contributed by atoms with Crippen molar-refractivity contribution in [3.05, 3.63) is 42.5 Å². The van der Waals surface area contributed by atoms with E-state index < -0.39 is 11.7 Å². The van der Waals surface area contributed by atoms with Crippen LogP contribution in [0.25, 0.3) is 0 Å². The van der Waals surface area contributed by atoms with E-state index in [1.807, 2.05) is 13.8 Å². The molecule has 1 aromatic rings. The molecule has 1 aromatic carbocycles. The Bertz CT molecular complexity index is 396. The van der Waals surface area contributed by atoms with E-state index in [0.717, 1.165) is 12.1 Å². The third-order valence-electron chi connectivity index (χ3n) is 2.77. The van der Waals surface area contributed by atoms with E-state index in [2.05, 4.69) is 11.9 Å². The van der Waals surface area contributed by atoms with Gasteiger partial charge in [-0.1, -0.05) is 26.0 Å². The number of anilines is 1. The average Bonchev–Trinajstić information content (AvgIpc) is 2.27. The normalized spacial score (nSPS) is 13.4. The second-order valence-corrected chi connectivity index (χ2v) is 4.60. The molecule has 0 aromatic heterocycles. The Labute approximate surface area is 106 Å². The minimum atomic E-state index is -4.30. The van der Waals surface area contributed by atoms with Crippen molar-refractivity contribution in [1.82, 2.24) is 0 Å². The van der Waals surface area contributed by atoms with Crippen LogP contribution in [-0.4, -0.2) is 6.04 Å². The van der Waals surface area contributed by atoms with Gasteiger partial charge in [-0.15, -0.1) is 6.58 Å². The van der Waals surface area contributed by atoms with Crippen LogP contribution in [0.5, 0.6) is 0 Å². The van der Waals surface area contributed by atoms with Crippen LogP contribution in [0.3, 0.4) is 0 Å². The van der Waals surface area contributed by atoms with Gasteiger partial charge in [0.05, 0.1) is 5.56 Å². The molecule has 1 rings (SSSR count).